The van der Waals surface area contributed by atoms with Crippen LogP contribution in [0.4, 0.5) is 13.6 Å². The topological polar surface area (TPSA) is 58.6 Å². The number of hydrogen-bond donors (Lipinski definition) is 1. The van der Waals surface area contributed by atoms with Gasteiger partial charge in [0.15, 0.2) is 0 Å². The quantitative estimate of drug-likeness (QED) is 0.870. The van der Waals surface area contributed by atoms with E-state index in [1.807, 2.05) is 0 Å². The molecule has 1 atom stereocenters. The Balaban J connectivity index is 2.60. The van der Waals surface area contributed by atoms with Crippen molar-refractivity contribution in [1.29, 1.82) is 0 Å². The molecule has 1 N–H and O–H groups in total. The summed E-state index contributed by atoms with van der Waals surface area (Å²) in [5.41, 5.74) is -0.0964. The molecule has 1 heterocycles. The first-order chi connectivity index (χ1) is 10.7. The number of esters is 1. The Morgan fingerprint density at radius 3 is 2.39 bits per heavy atom. The minimum Gasteiger partial charge on any atom is -0.459 e. The van der Waals surface area contributed by atoms with Crippen molar-refractivity contribution >= 4 is 12.0 Å². The molecule has 0 bridgehead atoms. The van der Waals surface area contributed by atoms with Crippen LogP contribution in [0, 0.1) is 11.6 Å². The number of ether oxygens (including phenoxy) is 1. The number of nitrogens with zero attached hydrogens (tertiary/aromatic N) is 1. The SMILES string of the molecule is CC1=C(C(=O)OC(C)C)C(c2c(F)cccc2F)NC(=O)N1C. The van der Waals surface area contributed by atoms with Gasteiger partial charge in [0, 0.05) is 12.7 Å². The lowest BCUT2D eigenvalue weighted by Gasteiger charge is -2.33. The van der Waals surface area contributed by atoms with Crippen molar-refractivity contribution in [2.24, 2.45) is 0 Å². The zero-order chi connectivity index (χ0) is 17.3. The Morgan fingerprint density at radius 2 is 1.87 bits per heavy atom. The molecule has 0 fully saturated rings. The molecule has 2 amide bonds. The zero-order valence-corrected chi connectivity index (χ0v) is 13.3. The minimum atomic E-state index is -1.24. The fraction of sp³-hybridized carbons (Fsp3) is 0.375. The normalized spacial score (nSPS) is 18.3. The van der Waals surface area contributed by atoms with Crippen molar-refractivity contribution in [1.82, 2.24) is 10.2 Å². The number of rotatable bonds is 3. The van der Waals surface area contributed by atoms with Gasteiger partial charge in [-0.05, 0) is 32.9 Å². The van der Waals surface area contributed by atoms with Gasteiger partial charge in [0.2, 0.25) is 0 Å². The number of halogens is 2. The van der Waals surface area contributed by atoms with E-state index in [0.717, 1.165) is 12.1 Å². The molecule has 0 saturated heterocycles. The second-order valence-electron chi connectivity index (χ2n) is 5.53. The molecular weight excluding hydrogens is 306 g/mol. The summed E-state index contributed by atoms with van der Waals surface area (Å²) in [7, 11) is 1.46. The number of urea groups is 1. The monoisotopic (exact) mass is 324 g/mol. The van der Waals surface area contributed by atoms with E-state index in [4.69, 9.17) is 4.74 Å². The van der Waals surface area contributed by atoms with E-state index in [-0.39, 0.29) is 16.8 Å². The molecular formula is C16H18F2N2O3. The Hall–Kier alpha value is -2.44. The molecule has 0 aliphatic carbocycles. The third-order valence-electron chi connectivity index (χ3n) is 3.61. The van der Waals surface area contributed by atoms with Gasteiger partial charge in [-0.15, -0.1) is 0 Å². The summed E-state index contributed by atoms with van der Waals surface area (Å²) in [6, 6.07) is 1.56. The van der Waals surface area contributed by atoms with Crippen LogP contribution in [-0.4, -0.2) is 30.1 Å². The largest absolute Gasteiger partial charge is 0.459 e. The minimum absolute atomic E-state index is 0.00444. The van der Waals surface area contributed by atoms with E-state index in [9.17, 15) is 18.4 Å². The van der Waals surface area contributed by atoms with Crippen LogP contribution in [0.15, 0.2) is 29.5 Å². The second kappa shape index (κ2) is 6.36. The van der Waals surface area contributed by atoms with Gasteiger partial charge in [0.1, 0.15) is 11.6 Å². The van der Waals surface area contributed by atoms with E-state index >= 15 is 0 Å². The summed E-state index contributed by atoms with van der Waals surface area (Å²) < 4.78 is 33.4. The molecule has 1 unspecified atom stereocenters. The van der Waals surface area contributed by atoms with E-state index in [0.29, 0.717) is 0 Å². The van der Waals surface area contributed by atoms with Gasteiger partial charge in [-0.3, -0.25) is 0 Å². The molecule has 0 aromatic heterocycles. The third kappa shape index (κ3) is 3.18. The van der Waals surface area contributed by atoms with Gasteiger partial charge in [-0.25, -0.2) is 18.4 Å². The van der Waals surface area contributed by atoms with Crippen molar-refractivity contribution in [2.75, 3.05) is 7.05 Å². The Morgan fingerprint density at radius 1 is 1.30 bits per heavy atom. The van der Waals surface area contributed by atoms with E-state index in [1.165, 1.54) is 24.9 Å². The van der Waals surface area contributed by atoms with Gasteiger partial charge in [-0.1, -0.05) is 6.07 Å². The van der Waals surface area contributed by atoms with Crippen LogP contribution in [0.2, 0.25) is 0 Å². The van der Waals surface area contributed by atoms with Gasteiger partial charge < -0.3 is 15.0 Å². The van der Waals surface area contributed by atoms with Crippen molar-refractivity contribution in [3.8, 4) is 0 Å². The molecule has 1 aliphatic heterocycles. The number of benzene rings is 1. The first-order valence-electron chi connectivity index (χ1n) is 7.14. The van der Waals surface area contributed by atoms with E-state index in [2.05, 4.69) is 5.32 Å². The zero-order valence-electron chi connectivity index (χ0n) is 13.3. The van der Waals surface area contributed by atoms with Crippen LogP contribution in [0.5, 0.6) is 0 Å². The van der Waals surface area contributed by atoms with Gasteiger partial charge in [0.25, 0.3) is 0 Å². The maximum atomic E-state index is 14.1. The lowest BCUT2D eigenvalue weighted by Crippen LogP contribution is -2.47. The molecule has 0 saturated carbocycles. The number of carbonyl (C=O) groups excluding carboxylic acids is 2. The van der Waals surface area contributed by atoms with Crippen molar-refractivity contribution < 1.29 is 23.1 Å². The van der Waals surface area contributed by atoms with Crippen LogP contribution in [0.1, 0.15) is 32.4 Å². The summed E-state index contributed by atoms with van der Waals surface area (Å²) in [4.78, 5) is 25.6. The molecule has 0 radical (unpaired) electrons. The van der Waals surface area contributed by atoms with Crippen LogP contribution >= 0.6 is 0 Å². The summed E-state index contributed by atoms with van der Waals surface area (Å²) in [5, 5.41) is 2.45. The first kappa shape index (κ1) is 16.9. The molecule has 124 valence electrons. The smallest absolute Gasteiger partial charge is 0.338 e. The summed E-state index contributed by atoms with van der Waals surface area (Å²) in [6.45, 7) is 4.86. The van der Waals surface area contributed by atoms with Crippen molar-refractivity contribution in [2.45, 2.75) is 32.9 Å². The highest BCUT2D eigenvalue weighted by molar-refractivity contribution is 5.95. The van der Waals surface area contributed by atoms with Crippen LogP contribution in [0.25, 0.3) is 0 Å². The highest BCUT2D eigenvalue weighted by Crippen LogP contribution is 2.33. The molecule has 1 aromatic rings. The maximum absolute atomic E-state index is 14.1. The van der Waals surface area contributed by atoms with E-state index in [1.54, 1.807) is 13.8 Å². The number of carbonyl (C=O) groups is 2. The Labute approximate surface area is 132 Å². The lowest BCUT2D eigenvalue weighted by atomic mass is 9.94. The van der Waals surface area contributed by atoms with Crippen LogP contribution in [-0.2, 0) is 9.53 Å². The highest BCUT2D eigenvalue weighted by Gasteiger charge is 2.37. The lowest BCUT2D eigenvalue weighted by molar-refractivity contribution is -0.143. The van der Waals surface area contributed by atoms with Gasteiger partial charge >= 0.3 is 12.0 Å². The number of nitrogens with one attached hydrogen (secondary N) is 1. The predicted octanol–water partition coefficient (Wildman–Crippen LogP) is 2.89. The van der Waals surface area contributed by atoms with Crippen molar-refractivity contribution in [3.05, 3.63) is 46.7 Å². The molecule has 1 aliphatic rings. The van der Waals surface area contributed by atoms with Crippen molar-refractivity contribution in [3.63, 3.8) is 0 Å². The van der Waals surface area contributed by atoms with Crippen LogP contribution in [0.3, 0.4) is 0 Å². The molecule has 1 aromatic carbocycles. The average Bonchev–Trinajstić information content (AvgIpc) is 2.43. The third-order valence-corrected chi connectivity index (χ3v) is 3.61. The number of amides is 2. The van der Waals surface area contributed by atoms with Gasteiger partial charge in [-0.2, -0.15) is 0 Å². The standard InChI is InChI=1S/C16H18F2N2O3/c1-8(2)23-15(21)12-9(3)20(4)16(22)19-14(12)13-10(17)6-5-7-11(13)18/h5-8,14H,1-4H3,(H,19,22). The first-order valence-corrected chi connectivity index (χ1v) is 7.14. The predicted molar refractivity (Wildman–Crippen MR) is 79.3 cm³/mol. The maximum Gasteiger partial charge on any atom is 0.338 e. The number of allylic oxidation sites excluding steroid dienone is 1. The Bertz CT molecular complexity index is 666. The second-order valence-corrected chi connectivity index (χ2v) is 5.53. The molecule has 23 heavy (non-hydrogen) atoms. The average molecular weight is 324 g/mol. The summed E-state index contributed by atoms with van der Waals surface area (Å²) >= 11 is 0. The molecule has 0 spiro atoms. The number of hydrogen-bond acceptors (Lipinski definition) is 3. The molecule has 5 nitrogen and oxygen atoms in total. The summed E-state index contributed by atoms with van der Waals surface area (Å²) in [5.74, 6) is -2.41. The van der Waals surface area contributed by atoms with Crippen LogP contribution < -0.4 is 5.32 Å². The van der Waals surface area contributed by atoms with E-state index < -0.39 is 35.8 Å². The highest BCUT2D eigenvalue weighted by atomic mass is 19.1. The molecule has 2 rings (SSSR count). The fourth-order valence-electron chi connectivity index (χ4n) is 2.38. The Kier molecular flexibility index (Phi) is 4.68. The van der Waals surface area contributed by atoms with Gasteiger partial charge in [0.05, 0.1) is 23.3 Å². The molecule has 7 heteroatoms. The fourth-order valence-corrected chi connectivity index (χ4v) is 2.38. The summed E-state index contributed by atoms with van der Waals surface area (Å²) in [6.07, 6.45) is -0.406.